The van der Waals surface area contributed by atoms with E-state index >= 15 is 0 Å². The first kappa shape index (κ1) is 22.9. The van der Waals surface area contributed by atoms with Crippen molar-refractivity contribution in [1.82, 2.24) is 15.2 Å². The van der Waals surface area contributed by atoms with Crippen LogP contribution in [-0.2, 0) is 16.0 Å². The van der Waals surface area contributed by atoms with Crippen molar-refractivity contribution in [2.24, 2.45) is 0 Å². The summed E-state index contributed by atoms with van der Waals surface area (Å²) in [7, 11) is 0. The molecule has 168 valence electrons. The zero-order valence-electron chi connectivity index (χ0n) is 18.4. The number of nitrogens with zero attached hydrogens (tertiary/aromatic N) is 2. The summed E-state index contributed by atoms with van der Waals surface area (Å²) in [5.41, 5.74) is 4.18. The van der Waals surface area contributed by atoms with E-state index in [-0.39, 0.29) is 11.9 Å². The number of halogens is 1. The summed E-state index contributed by atoms with van der Waals surface area (Å²) in [5.74, 6) is -0.00711. The Bertz CT molecular complexity index is 1060. The Hall–Kier alpha value is -2.25. The van der Waals surface area contributed by atoms with Gasteiger partial charge in [-0.1, -0.05) is 59.6 Å². The molecule has 2 heterocycles. The van der Waals surface area contributed by atoms with Gasteiger partial charge in [0.05, 0.1) is 36.4 Å². The molecule has 1 atom stereocenters. The lowest BCUT2D eigenvalue weighted by Gasteiger charge is -2.35. The van der Waals surface area contributed by atoms with Crippen molar-refractivity contribution in [2.75, 3.05) is 32.8 Å². The van der Waals surface area contributed by atoms with Gasteiger partial charge in [0, 0.05) is 35.1 Å². The van der Waals surface area contributed by atoms with E-state index in [1.54, 1.807) is 11.3 Å². The Morgan fingerprint density at radius 1 is 1.16 bits per heavy atom. The molecule has 5 nitrogen and oxygen atoms in total. The molecule has 1 unspecified atom stereocenters. The SMILES string of the molecule is Cc1ccc(-c2nc(C)sc2CC(=O)NCC(c2ccccc2Cl)N2CCOCC2)cc1. The number of hydrogen-bond donors (Lipinski definition) is 1. The van der Waals surface area contributed by atoms with E-state index in [2.05, 4.69) is 41.4 Å². The van der Waals surface area contributed by atoms with Gasteiger partial charge in [-0.15, -0.1) is 11.3 Å². The first-order chi connectivity index (χ1) is 15.5. The molecule has 1 aliphatic rings. The average Bonchev–Trinajstić information content (AvgIpc) is 3.16. The maximum absolute atomic E-state index is 13.0. The largest absolute Gasteiger partial charge is 0.379 e. The minimum absolute atomic E-state index is 0.00711. The van der Waals surface area contributed by atoms with Crippen molar-refractivity contribution in [3.63, 3.8) is 0 Å². The van der Waals surface area contributed by atoms with Crippen molar-refractivity contribution >= 4 is 28.8 Å². The third kappa shape index (κ3) is 5.56. The smallest absolute Gasteiger partial charge is 0.225 e. The van der Waals surface area contributed by atoms with E-state index in [4.69, 9.17) is 21.3 Å². The van der Waals surface area contributed by atoms with Crippen LogP contribution >= 0.6 is 22.9 Å². The molecule has 0 spiro atoms. The number of hydrogen-bond acceptors (Lipinski definition) is 5. The molecule has 1 N–H and O–H groups in total. The van der Waals surface area contributed by atoms with Gasteiger partial charge in [0.2, 0.25) is 5.91 Å². The van der Waals surface area contributed by atoms with Gasteiger partial charge in [-0.3, -0.25) is 9.69 Å². The molecule has 1 fully saturated rings. The monoisotopic (exact) mass is 469 g/mol. The fraction of sp³-hybridized carbons (Fsp3) is 0.360. The molecule has 1 saturated heterocycles. The van der Waals surface area contributed by atoms with Crippen LogP contribution in [0, 0.1) is 13.8 Å². The predicted octanol–water partition coefficient (Wildman–Crippen LogP) is 4.81. The number of amides is 1. The van der Waals surface area contributed by atoms with Crippen LogP contribution in [0.2, 0.25) is 5.02 Å². The Kier molecular flexibility index (Phi) is 7.58. The highest BCUT2D eigenvalue weighted by molar-refractivity contribution is 7.12. The van der Waals surface area contributed by atoms with Crippen LogP contribution < -0.4 is 5.32 Å². The molecule has 1 aliphatic heterocycles. The number of aryl methyl sites for hydroxylation is 2. The Morgan fingerprint density at radius 3 is 2.59 bits per heavy atom. The Labute approximate surface area is 198 Å². The van der Waals surface area contributed by atoms with Gasteiger partial charge in [0.1, 0.15) is 0 Å². The van der Waals surface area contributed by atoms with Crippen molar-refractivity contribution in [3.05, 3.63) is 74.6 Å². The number of thiazole rings is 1. The van der Waals surface area contributed by atoms with E-state index in [1.165, 1.54) is 5.56 Å². The van der Waals surface area contributed by atoms with Crippen molar-refractivity contribution in [2.45, 2.75) is 26.3 Å². The van der Waals surface area contributed by atoms with Crippen LogP contribution in [0.15, 0.2) is 48.5 Å². The fourth-order valence-electron chi connectivity index (χ4n) is 4.02. The minimum atomic E-state index is -0.00711. The number of benzene rings is 2. The van der Waals surface area contributed by atoms with Gasteiger partial charge in [-0.05, 0) is 25.5 Å². The van der Waals surface area contributed by atoms with Gasteiger partial charge in [0.25, 0.3) is 0 Å². The topological polar surface area (TPSA) is 54.5 Å². The van der Waals surface area contributed by atoms with Gasteiger partial charge < -0.3 is 10.1 Å². The maximum atomic E-state index is 13.0. The molecule has 0 radical (unpaired) electrons. The number of rotatable bonds is 7. The molecular weight excluding hydrogens is 442 g/mol. The Morgan fingerprint density at radius 2 is 1.88 bits per heavy atom. The van der Waals surface area contributed by atoms with E-state index in [9.17, 15) is 4.79 Å². The standard InChI is InChI=1S/C25H28ClN3O2S/c1-17-7-9-19(10-8-17)25-23(32-18(2)28-25)15-24(30)27-16-22(29-11-13-31-14-12-29)20-5-3-4-6-21(20)26/h3-10,22H,11-16H2,1-2H3,(H,27,30). The average molecular weight is 470 g/mol. The van der Waals surface area contributed by atoms with Crippen LogP contribution in [0.25, 0.3) is 11.3 Å². The van der Waals surface area contributed by atoms with Crippen LogP contribution in [0.5, 0.6) is 0 Å². The van der Waals surface area contributed by atoms with Gasteiger partial charge >= 0.3 is 0 Å². The molecule has 1 amide bonds. The predicted molar refractivity (Wildman–Crippen MR) is 130 cm³/mol. The highest BCUT2D eigenvalue weighted by Crippen LogP contribution is 2.30. The zero-order chi connectivity index (χ0) is 22.5. The molecule has 7 heteroatoms. The highest BCUT2D eigenvalue weighted by atomic mass is 35.5. The van der Waals surface area contributed by atoms with Gasteiger partial charge in [-0.25, -0.2) is 4.98 Å². The van der Waals surface area contributed by atoms with Crippen molar-refractivity contribution in [3.8, 4) is 11.3 Å². The molecule has 32 heavy (non-hydrogen) atoms. The first-order valence-corrected chi connectivity index (χ1v) is 12.1. The second-order valence-corrected chi connectivity index (χ2v) is 9.73. The lowest BCUT2D eigenvalue weighted by Crippen LogP contribution is -2.44. The van der Waals surface area contributed by atoms with E-state index in [1.807, 2.05) is 31.2 Å². The number of carbonyl (C=O) groups excluding carboxylic acids is 1. The molecule has 2 aromatic carbocycles. The summed E-state index contributed by atoms with van der Waals surface area (Å²) in [6.07, 6.45) is 0.313. The normalized spacial score (nSPS) is 15.5. The number of ether oxygens (including phenoxy) is 1. The fourth-order valence-corrected chi connectivity index (χ4v) is 5.23. The van der Waals surface area contributed by atoms with Crippen LogP contribution in [-0.4, -0.2) is 48.6 Å². The lowest BCUT2D eigenvalue weighted by molar-refractivity contribution is -0.120. The van der Waals surface area contributed by atoms with Crippen LogP contribution in [0.1, 0.15) is 27.1 Å². The van der Waals surface area contributed by atoms with E-state index in [0.717, 1.165) is 44.8 Å². The number of aromatic nitrogens is 1. The van der Waals surface area contributed by atoms with Crippen LogP contribution in [0.3, 0.4) is 0 Å². The summed E-state index contributed by atoms with van der Waals surface area (Å²) in [6.45, 7) is 7.56. The zero-order valence-corrected chi connectivity index (χ0v) is 20.0. The minimum Gasteiger partial charge on any atom is -0.379 e. The summed E-state index contributed by atoms with van der Waals surface area (Å²) < 4.78 is 5.52. The van der Waals surface area contributed by atoms with E-state index in [0.29, 0.717) is 26.2 Å². The number of nitrogens with one attached hydrogen (secondary N) is 1. The maximum Gasteiger partial charge on any atom is 0.225 e. The molecule has 0 saturated carbocycles. The van der Waals surface area contributed by atoms with Crippen molar-refractivity contribution < 1.29 is 9.53 Å². The molecule has 0 bridgehead atoms. The molecular formula is C25H28ClN3O2S. The lowest BCUT2D eigenvalue weighted by atomic mass is 10.0. The van der Waals surface area contributed by atoms with Gasteiger partial charge in [-0.2, -0.15) is 0 Å². The van der Waals surface area contributed by atoms with E-state index < -0.39 is 0 Å². The molecule has 1 aromatic heterocycles. The number of morpholine rings is 1. The summed E-state index contributed by atoms with van der Waals surface area (Å²) in [5, 5.41) is 4.83. The second kappa shape index (κ2) is 10.6. The molecule has 3 aromatic rings. The highest BCUT2D eigenvalue weighted by Gasteiger charge is 2.25. The summed E-state index contributed by atoms with van der Waals surface area (Å²) in [4.78, 5) is 21.0. The summed E-state index contributed by atoms with van der Waals surface area (Å²) in [6, 6.07) is 16.2. The Balaban J connectivity index is 1.47. The first-order valence-electron chi connectivity index (χ1n) is 10.9. The van der Waals surface area contributed by atoms with Crippen molar-refractivity contribution in [1.29, 1.82) is 0 Å². The molecule has 4 rings (SSSR count). The third-order valence-electron chi connectivity index (χ3n) is 5.69. The molecule has 0 aliphatic carbocycles. The van der Waals surface area contributed by atoms with Gasteiger partial charge in [0.15, 0.2) is 0 Å². The summed E-state index contributed by atoms with van der Waals surface area (Å²) >= 11 is 8.09. The quantitative estimate of drug-likeness (QED) is 0.539. The third-order valence-corrected chi connectivity index (χ3v) is 7.01. The second-order valence-electron chi connectivity index (χ2n) is 8.04. The van der Waals surface area contributed by atoms with Crippen LogP contribution in [0.4, 0.5) is 0 Å². The number of carbonyl (C=O) groups is 1.